The van der Waals surface area contributed by atoms with Crippen LogP contribution in [0.1, 0.15) is 43.7 Å². The number of nitrogens with one attached hydrogen (secondary N) is 2. The lowest BCUT2D eigenvalue weighted by Crippen LogP contribution is -2.43. The van der Waals surface area contributed by atoms with E-state index in [-0.39, 0.29) is 25.0 Å². The van der Waals surface area contributed by atoms with E-state index in [0.29, 0.717) is 5.76 Å². The van der Waals surface area contributed by atoms with E-state index < -0.39 is 5.60 Å². The van der Waals surface area contributed by atoms with Gasteiger partial charge < -0.3 is 20.3 Å². The summed E-state index contributed by atoms with van der Waals surface area (Å²) in [5, 5.41) is 23.3. The number of carbonyl (C=O) groups is 1. The molecule has 0 spiro atoms. The van der Waals surface area contributed by atoms with Crippen LogP contribution in [0.15, 0.2) is 27.4 Å². The summed E-state index contributed by atoms with van der Waals surface area (Å²) in [7, 11) is 0. The van der Waals surface area contributed by atoms with Crippen molar-refractivity contribution in [1.29, 1.82) is 0 Å². The van der Waals surface area contributed by atoms with Gasteiger partial charge in [0.25, 0.3) is 0 Å². The standard InChI is InChI=1S/C15H21N3O3S/c1-10(2)13-6-12(21-18-13)7-16-14(19)17-9-15(3,20)11-4-5-22-8-11/h4-6,8,10,20H,7,9H2,1-3H3,(H2,16,17,19). The number of hydrogen-bond acceptors (Lipinski definition) is 5. The van der Waals surface area contributed by atoms with Gasteiger partial charge in [-0.15, -0.1) is 0 Å². The lowest BCUT2D eigenvalue weighted by molar-refractivity contribution is 0.0598. The summed E-state index contributed by atoms with van der Waals surface area (Å²) in [4.78, 5) is 11.8. The molecule has 0 aliphatic carbocycles. The van der Waals surface area contributed by atoms with Crippen molar-refractivity contribution in [2.45, 2.75) is 38.8 Å². The fourth-order valence-electron chi connectivity index (χ4n) is 1.84. The van der Waals surface area contributed by atoms with Crippen LogP contribution in [0.2, 0.25) is 0 Å². The maximum Gasteiger partial charge on any atom is 0.315 e. The number of aliphatic hydroxyl groups is 1. The summed E-state index contributed by atoms with van der Waals surface area (Å²) in [5.41, 5.74) is 0.557. The third-order valence-corrected chi connectivity index (χ3v) is 4.01. The van der Waals surface area contributed by atoms with E-state index >= 15 is 0 Å². The molecule has 0 aromatic carbocycles. The second kappa shape index (κ2) is 6.93. The SMILES string of the molecule is CC(C)c1cc(CNC(=O)NCC(C)(O)c2ccsc2)on1. The van der Waals surface area contributed by atoms with Crippen molar-refractivity contribution in [1.82, 2.24) is 15.8 Å². The van der Waals surface area contributed by atoms with Gasteiger partial charge in [-0.1, -0.05) is 19.0 Å². The number of nitrogens with zero attached hydrogens (tertiary/aromatic N) is 1. The molecule has 0 radical (unpaired) electrons. The molecule has 6 nitrogen and oxygen atoms in total. The molecule has 2 rings (SSSR count). The van der Waals surface area contributed by atoms with Crippen LogP contribution in [-0.2, 0) is 12.1 Å². The first-order chi connectivity index (χ1) is 10.4. The molecule has 1 unspecified atom stereocenters. The first kappa shape index (κ1) is 16.5. The summed E-state index contributed by atoms with van der Waals surface area (Å²) in [6.07, 6.45) is 0. The number of hydrogen-bond donors (Lipinski definition) is 3. The van der Waals surface area contributed by atoms with Crippen molar-refractivity contribution in [3.05, 3.63) is 39.9 Å². The van der Waals surface area contributed by atoms with Crippen molar-refractivity contribution in [3.63, 3.8) is 0 Å². The molecule has 1 atom stereocenters. The van der Waals surface area contributed by atoms with Crippen molar-refractivity contribution in [2.24, 2.45) is 0 Å². The number of amides is 2. The molecular formula is C15H21N3O3S. The highest BCUT2D eigenvalue weighted by molar-refractivity contribution is 7.08. The van der Waals surface area contributed by atoms with Gasteiger partial charge in [0.15, 0.2) is 5.76 Å². The average Bonchev–Trinajstić information content (AvgIpc) is 3.13. The van der Waals surface area contributed by atoms with Gasteiger partial charge in [-0.2, -0.15) is 11.3 Å². The molecule has 22 heavy (non-hydrogen) atoms. The maximum atomic E-state index is 11.8. The van der Waals surface area contributed by atoms with Crippen LogP contribution in [0.25, 0.3) is 0 Å². The van der Waals surface area contributed by atoms with E-state index in [9.17, 15) is 9.90 Å². The van der Waals surface area contributed by atoms with Crippen molar-refractivity contribution in [2.75, 3.05) is 6.54 Å². The van der Waals surface area contributed by atoms with E-state index in [1.54, 1.807) is 6.92 Å². The summed E-state index contributed by atoms with van der Waals surface area (Å²) in [5.74, 6) is 0.885. The van der Waals surface area contributed by atoms with Gasteiger partial charge in [0, 0.05) is 6.07 Å². The molecule has 0 fully saturated rings. The van der Waals surface area contributed by atoms with Gasteiger partial charge in [-0.25, -0.2) is 4.79 Å². The summed E-state index contributed by atoms with van der Waals surface area (Å²) in [6, 6.07) is 3.30. The molecule has 2 amide bonds. The Morgan fingerprint density at radius 3 is 2.86 bits per heavy atom. The van der Waals surface area contributed by atoms with Gasteiger partial charge in [-0.05, 0) is 35.2 Å². The number of aromatic nitrogens is 1. The van der Waals surface area contributed by atoms with Crippen LogP contribution in [0.3, 0.4) is 0 Å². The van der Waals surface area contributed by atoms with Crippen LogP contribution < -0.4 is 10.6 Å². The van der Waals surface area contributed by atoms with E-state index in [0.717, 1.165) is 11.3 Å². The number of carbonyl (C=O) groups excluding carboxylic acids is 1. The predicted molar refractivity (Wildman–Crippen MR) is 84.7 cm³/mol. The number of urea groups is 1. The van der Waals surface area contributed by atoms with Gasteiger partial charge in [-0.3, -0.25) is 0 Å². The van der Waals surface area contributed by atoms with E-state index in [1.807, 2.05) is 36.7 Å². The number of thiophene rings is 1. The van der Waals surface area contributed by atoms with Crippen LogP contribution in [-0.4, -0.2) is 22.8 Å². The van der Waals surface area contributed by atoms with E-state index in [4.69, 9.17) is 4.52 Å². The van der Waals surface area contributed by atoms with E-state index in [2.05, 4.69) is 15.8 Å². The Bertz CT molecular complexity index is 605. The minimum Gasteiger partial charge on any atom is -0.384 e. The van der Waals surface area contributed by atoms with Crippen LogP contribution in [0, 0.1) is 0 Å². The largest absolute Gasteiger partial charge is 0.384 e. The minimum atomic E-state index is -1.09. The highest BCUT2D eigenvalue weighted by Gasteiger charge is 2.24. The molecule has 7 heteroatoms. The Kier molecular flexibility index (Phi) is 5.20. The highest BCUT2D eigenvalue weighted by atomic mass is 32.1. The summed E-state index contributed by atoms with van der Waals surface area (Å²) >= 11 is 1.51. The molecule has 3 N–H and O–H groups in total. The molecule has 0 aliphatic heterocycles. The molecule has 0 aliphatic rings. The molecule has 2 aromatic rings. The van der Waals surface area contributed by atoms with Gasteiger partial charge >= 0.3 is 6.03 Å². The Morgan fingerprint density at radius 2 is 2.27 bits per heavy atom. The quantitative estimate of drug-likeness (QED) is 0.762. The Hall–Kier alpha value is -1.86. The molecule has 0 saturated heterocycles. The normalized spacial score (nSPS) is 13.9. The molecule has 0 saturated carbocycles. The molecule has 0 bridgehead atoms. The summed E-state index contributed by atoms with van der Waals surface area (Å²) in [6.45, 7) is 6.10. The van der Waals surface area contributed by atoms with Gasteiger partial charge in [0.2, 0.25) is 0 Å². The van der Waals surface area contributed by atoms with Crippen molar-refractivity contribution >= 4 is 17.4 Å². The third kappa shape index (κ3) is 4.32. The predicted octanol–water partition coefficient (Wildman–Crippen LogP) is 2.57. The fourth-order valence-corrected chi connectivity index (χ4v) is 2.62. The average molecular weight is 323 g/mol. The lowest BCUT2D eigenvalue weighted by atomic mass is 9.99. The number of rotatable bonds is 6. The maximum absolute atomic E-state index is 11.8. The Balaban J connectivity index is 1.78. The zero-order valence-corrected chi connectivity index (χ0v) is 13.7. The van der Waals surface area contributed by atoms with Crippen LogP contribution >= 0.6 is 11.3 Å². The zero-order valence-electron chi connectivity index (χ0n) is 12.9. The third-order valence-electron chi connectivity index (χ3n) is 3.33. The second-order valence-electron chi connectivity index (χ2n) is 5.69. The molecule has 2 heterocycles. The van der Waals surface area contributed by atoms with E-state index in [1.165, 1.54) is 11.3 Å². The van der Waals surface area contributed by atoms with Crippen LogP contribution in [0.4, 0.5) is 4.79 Å². The first-order valence-electron chi connectivity index (χ1n) is 7.11. The Labute approximate surface area is 133 Å². The molecule has 2 aromatic heterocycles. The van der Waals surface area contributed by atoms with Gasteiger partial charge in [0.1, 0.15) is 5.60 Å². The topological polar surface area (TPSA) is 87.4 Å². The van der Waals surface area contributed by atoms with Gasteiger partial charge in [0.05, 0.1) is 18.8 Å². The summed E-state index contributed by atoms with van der Waals surface area (Å²) < 4.78 is 5.14. The Morgan fingerprint density at radius 1 is 1.50 bits per heavy atom. The smallest absolute Gasteiger partial charge is 0.315 e. The fraction of sp³-hybridized carbons (Fsp3) is 0.467. The molecular weight excluding hydrogens is 302 g/mol. The molecule has 120 valence electrons. The van der Waals surface area contributed by atoms with Crippen molar-refractivity contribution in [3.8, 4) is 0 Å². The minimum absolute atomic E-state index is 0.128. The zero-order chi connectivity index (χ0) is 16.2. The lowest BCUT2D eigenvalue weighted by Gasteiger charge is -2.22. The first-order valence-corrected chi connectivity index (χ1v) is 8.05. The van der Waals surface area contributed by atoms with Crippen LogP contribution in [0.5, 0.6) is 0 Å². The second-order valence-corrected chi connectivity index (χ2v) is 6.47. The van der Waals surface area contributed by atoms with Crippen molar-refractivity contribution < 1.29 is 14.4 Å². The highest BCUT2D eigenvalue weighted by Crippen LogP contribution is 2.21. The monoisotopic (exact) mass is 323 g/mol.